The van der Waals surface area contributed by atoms with Crippen molar-refractivity contribution in [2.24, 2.45) is 17.3 Å². The maximum atomic E-state index is 13.2. The second kappa shape index (κ2) is 7.46. The monoisotopic (exact) mass is 411 g/mol. The van der Waals surface area contributed by atoms with Crippen molar-refractivity contribution in [3.8, 4) is 0 Å². The zero-order valence-corrected chi connectivity index (χ0v) is 18.6. The van der Waals surface area contributed by atoms with Crippen molar-refractivity contribution in [2.45, 2.75) is 65.0 Å². The van der Waals surface area contributed by atoms with Crippen LogP contribution in [0.15, 0.2) is 0 Å². The fourth-order valence-corrected chi connectivity index (χ4v) is 7.33. The van der Waals surface area contributed by atoms with Gasteiger partial charge in [0, 0.05) is 44.8 Å². The fourth-order valence-electron chi connectivity index (χ4n) is 6.13. The van der Waals surface area contributed by atoms with E-state index in [1.54, 1.807) is 4.90 Å². The Morgan fingerprint density at radius 2 is 1.57 bits per heavy atom. The van der Waals surface area contributed by atoms with E-state index in [4.69, 9.17) is 0 Å². The summed E-state index contributed by atoms with van der Waals surface area (Å²) in [6.07, 6.45) is 6.40. The zero-order valence-electron chi connectivity index (χ0n) is 17.8. The third-order valence-corrected chi connectivity index (χ3v) is 9.41. The quantitative estimate of drug-likeness (QED) is 0.665. The molecule has 4 aliphatic heterocycles. The number of carbonyl (C=O) groups is 1. The Labute approximate surface area is 170 Å². The number of piperidine rings is 1. The van der Waals surface area contributed by atoms with Crippen LogP contribution in [0, 0.1) is 17.3 Å². The molecular formula is C21H37N3O3S. The summed E-state index contributed by atoms with van der Waals surface area (Å²) in [5.74, 6) is 1.58. The van der Waals surface area contributed by atoms with Crippen LogP contribution < -0.4 is 0 Å². The van der Waals surface area contributed by atoms with Gasteiger partial charge in [-0.15, -0.1) is 0 Å². The molecule has 6 nitrogen and oxygen atoms in total. The number of nitrogens with zero attached hydrogens (tertiary/aromatic N) is 3. The average Bonchev–Trinajstić information content (AvgIpc) is 2.89. The molecule has 2 amide bonds. The largest absolute Gasteiger partial charge is 0.323 e. The molecule has 1 unspecified atom stereocenters. The summed E-state index contributed by atoms with van der Waals surface area (Å²) in [6, 6.07) is 1.13. The van der Waals surface area contributed by atoms with Gasteiger partial charge in [-0.25, -0.2) is 13.2 Å². The average molecular weight is 412 g/mol. The molecule has 2 atom stereocenters. The molecule has 4 heterocycles. The number of amides is 2. The van der Waals surface area contributed by atoms with Crippen LogP contribution in [-0.2, 0) is 9.84 Å². The summed E-state index contributed by atoms with van der Waals surface area (Å²) in [5.41, 5.74) is 0.215. The van der Waals surface area contributed by atoms with E-state index >= 15 is 0 Å². The predicted octanol–water partition coefficient (Wildman–Crippen LogP) is 2.45. The van der Waals surface area contributed by atoms with Gasteiger partial charge in [0.2, 0.25) is 0 Å². The minimum atomic E-state index is -2.96. The number of sulfone groups is 1. The van der Waals surface area contributed by atoms with E-state index in [9.17, 15) is 13.2 Å². The van der Waals surface area contributed by atoms with Crippen LogP contribution in [0.3, 0.4) is 0 Å². The maximum Gasteiger partial charge on any atom is 0.320 e. The number of hydrogen-bond donors (Lipinski definition) is 0. The first-order chi connectivity index (χ1) is 13.1. The van der Waals surface area contributed by atoms with Gasteiger partial charge in [0.25, 0.3) is 0 Å². The topological polar surface area (TPSA) is 60.9 Å². The molecule has 0 aromatic carbocycles. The summed E-state index contributed by atoms with van der Waals surface area (Å²) < 4.78 is 23.5. The summed E-state index contributed by atoms with van der Waals surface area (Å²) in [4.78, 5) is 19.8. The van der Waals surface area contributed by atoms with Gasteiger partial charge in [0.15, 0.2) is 9.84 Å². The number of hydrogen-bond acceptors (Lipinski definition) is 4. The van der Waals surface area contributed by atoms with Crippen LogP contribution >= 0.6 is 0 Å². The second-order valence-electron chi connectivity index (χ2n) is 10.5. The minimum absolute atomic E-state index is 0.0571. The number of fused-ring (bicyclic) bond motifs is 4. The van der Waals surface area contributed by atoms with Crippen LogP contribution in [0.4, 0.5) is 4.79 Å². The standard InChI is InChI=1S/C21H37N3O3S/c1-16-4-6-18(7-5-16)24-14-17-12-21(2,3)19(24)15-23(13-17)20(25)22-8-10-28(26,27)11-9-22/h16-19H,4-15H2,1-3H3/t16?,17-,18?,19?/m1/s1. The molecule has 7 heteroatoms. The molecule has 5 rings (SSSR count). The number of urea groups is 1. The molecule has 0 spiro atoms. The Hall–Kier alpha value is -0.820. The third kappa shape index (κ3) is 4.07. The van der Waals surface area contributed by atoms with Crippen LogP contribution in [-0.4, -0.2) is 85.5 Å². The molecule has 0 aromatic heterocycles. The second-order valence-corrected chi connectivity index (χ2v) is 12.8. The summed E-state index contributed by atoms with van der Waals surface area (Å²) in [6.45, 7) is 10.5. The highest BCUT2D eigenvalue weighted by Crippen LogP contribution is 2.44. The van der Waals surface area contributed by atoms with Crippen molar-refractivity contribution in [1.29, 1.82) is 0 Å². The van der Waals surface area contributed by atoms with Gasteiger partial charge in [-0.2, -0.15) is 0 Å². The lowest BCUT2D eigenvalue weighted by Crippen LogP contribution is -2.58. The first kappa shape index (κ1) is 20.5. The van der Waals surface area contributed by atoms with E-state index in [1.165, 1.54) is 32.1 Å². The highest BCUT2D eigenvalue weighted by Gasteiger charge is 2.49. The van der Waals surface area contributed by atoms with E-state index in [0.29, 0.717) is 31.1 Å². The van der Waals surface area contributed by atoms with Gasteiger partial charge < -0.3 is 9.80 Å². The van der Waals surface area contributed by atoms with Gasteiger partial charge in [0.1, 0.15) is 0 Å². The van der Waals surface area contributed by atoms with E-state index in [-0.39, 0.29) is 23.0 Å². The molecule has 2 bridgehead atoms. The van der Waals surface area contributed by atoms with Crippen LogP contribution in [0.25, 0.3) is 0 Å². The molecule has 4 saturated heterocycles. The SMILES string of the molecule is CC1CCC(N2C[C@H]3CN(C(=O)N4CCS(=O)(=O)CC4)CC2C(C)(C)C3)CC1. The van der Waals surface area contributed by atoms with E-state index in [0.717, 1.165) is 25.6 Å². The maximum absolute atomic E-state index is 13.2. The Balaban J connectivity index is 1.49. The number of rotatable bonds is 1. The van der Waals surface area contributed by atoms with E-state index in [2.05, 4.69) is 25.7 Å². The van der Waals surface area contributed by atoms with Crippen molar-refractivity contribution >= 4 is 15.9 Å². The lowest BCUT2D eigenvalue weighted by atomic mass is 9.72. The summed E-state index contributed by atoms with van der Waals surface area (Å²) in [5, 5.41) is 0. The molecule has 1 saturated carbocycles. The van der Waals surface area contributed by atoms with E-state index < -0.39 is 9.84 Å². The molecule has 28 heavy (non-hydrogen) atoms. The van der Waals surface area contributed by atoms with Crippen molar-refractivity contribution in [2.75, 3.05) is 44.2 Å². The smallest absolute Gasteiger partial charge is 0.320 e. The fraction of sp³-hybridized carbons (Fsp3) is 0.952. The van der Waals surface area contributed by atoms with Crippen LogP contribution in [0.5, 0.6) is 0 Å². The highest BCUT2D eigenvalue weighted by molar-refractivity contribution is 7.91. The van der Waals surface area contributed by atoms with Gasteiger partial charge in [-0.05, 0) is 49.4 Å². The van der Waals surface area contributed by atoms with Crippen LogP contribution in [0.1, 0.15) is 52.9 Å². The Kier molecular flexibility index (Phi) is 5.45. The van der Waals surface area contributed by atoms with Gasteiger partial charge in [0.05, 0.1) is 11.5 Å². The molecule has 0 radical (unpaired) electrons. The highest BCUT2D eigenvalue weighted by atomic mass is 32.2. The first-order valence-electron chi connectivity index (χ1n) is 11.1. The Morgan fingerprint density at radius 1 is 0.929 bits per heavy atom. The zero-order chi connectivity index (χ0) is 20.1. The predicted molar refractivity (Wildman–Crippen MR) is 111 cm³/mol. The summed E-state index contributed by atoms with van der Waals surface area (Å²) in [7, 11) is -2.96. The summed E-state index contributed by atoms with van der Waals surface area (Å²) >= 11 is 0. The van der Waals surface area contributed by atoms with Crippen molar-refractivity contribution in [1.82, 2.24) is 14.7 Å². The lowest BCUT2D eigenvalue weighted by molar-refractivity contribution is -0.0189. The third-order valence-electron chi connectivity index (χ3n) is 7.80. The molecule has 0 N–H and O–H groups in total. The molecule has 160 valence electrons. The normalized spacial score (nSPS) is 38.2. The molecular weight excluding hydrogens is 374 g/mol. The van der Waals surface area contributed by atoms with Gasteiger partial charge in [-0.1, -0.05) is 20.8 Å². The van der Waals surface area contributed by atoms with Crippen molar-refractivity contribution in [3.05, 3.63) is 0 Å². The molecule has 5 fully saturated rings. The Bertz CT molecular complexity index is 686. The van der Waals surface area contributed by atoms with Crippen LogP contribution in [0.2, 0.25) is 0 Å². The number of carbonyl (C=O) groups excluding carboxylic acids is 1. The van der Waals surface area contributed by atoms with Gasteiger partial charge >= 0.3 is 6.03 Å². The Morgan fingerprint density at radius 3 is 2.21 bits per heavy atom. The van der Waals surface area contributed by atoms with Gasteiger partial charge in [-0.3, -0.25) is 4.90 Å². The first-order valence-corrected chi connectivity index (χ1v) is 13.0. The minimum Gasteiger partial charge on any atom is -0.323 e. The van der Waals surface area contributed by atoms with Crippen molar-refractivity contribution < 1.29 is 13.2 Å². The molecule has 1 aliphatic carbocycles. The molecule has 0 aromatic rings. The lowest BCUT2D eigenvalue weighted by Gasteiger charge is -2.51. The molecule has 5 aliphatic rings. The van der Waals surface area contributed by atoms with E-state index in [1.807, 2.05) is 4.90 Å². The van der Waals surface area contributed by atoms with Crippen molar-refractivity contribution in [3.63, 3.8) is 0 Å².